The topological polar surface area (TPSA) is 55.1 Å². The van der Waals surface area contributed by atoms with Crippen molar-refractivity contribution < 1.29 is 4.79 Å². The Labute approximate surface area is 134 Å². The second kappa shape index (κ2) is 7.07. The summed E-state index contributed by atoms with van der Waals surface area (Å²) in [5.41, 5.74) is 7.99. The number of amides is 1. The van der Waals surface area contributed by atoms with E-state index in [2.05, 4.69) is 17.4 Å². The Kier molecular flexibility index (Phi) is 5.14. The van der Waals surface area contributed by atoms with Crippen molar-refractivity contribution in [2.24, 2.45) is 5.73 Å². The van der Waals surface area contributed by atoms with Crippen LogP contribution in [0.5, 0.6) is 0 Å². The molecule has 1 aromatic rings. The standard InChI is InChI=1S/C16H22N2OS2/c17-13-5-7-14(8-6-13)18-15(19)11-1-3-12(4-2-11)16-20-9-10-21-16/h1-4,13-14,16H,5-10,17H2,(H,18,19). The molecule has 0 spiro atoms. The van der Waals surface area contributed by atoms with Gasteiger partial charge in [-0.15, -0.1) is 23.5 Å². The molecule has 0 radical (unpaired) electrons. The first kappa shape index (κ1) is 15.3. The number of benzene rings is 1. The van der Waals surface area contributed by atoms with Gasteiger partial charge in [-0.2, -0.15) is 0 Å². The van der Waals surface area contributed by atoms with Crippen LogP contribution in [0.2, 0.25) is 0 Å². The van der Waals surface area contributed by atoms with E-state index in [0.29, 0.717) is 10.6 Å². The molecule has 0 atom stereocenters. The highest BCUT2D eigenvalue weighted by Crippen LogP contribution is 2.45. The van der Waals surface area contributed by atoms with Crippen molar-refractivity contribution in [2.75, 3.05) is 11.5 Å². The molecule has 0 aromatic heterocycles. The summed E-state index contributed by atoms with van der Waals surface area (Å²) in [5, 5.41) is 3.14. The quantitative estimate of drug-likeness (QED) is 0.897. The molecular weight excluding hydrogens is 300 g/mol. The maximum atomic E-state index is 12.3. The van der Waals surface area contributed by atoms with E-state index in [1.54, 1.807) is 0 Å². The van der Waals surface area contributed by atoms with Gasteiger partial charge >= 0.3 is 0 Å². The summed E-state index contributed by atoms with van der Waals surface area (Å²) in [5.74, 6) is 2.50. The Hall–Kier alpha value is -0.650. The largest absolute Gasteiger partial charge is 0.349 e. The summed E-state index contributed by atoms with van der Waals surface area (Å²) >= 11 is 3.98. The zero-order valence-electron chi connectivity index (χ0n) is 12.1. The maximum Gasteiger partial charge on any atom is 0.251 e. The van der Waals surface area contributed by atoms with Gasteiger partial charge in [0.15, 0.2) is 0 Å². The lowest BCUT2D eigenvalue weighted by atomic mass is 9.91. The van der Waals surface area contributed by atoms with E-state index in [9.17, 15) is 4.79 Å². The van der Waals surface area contributed by atoms with Crippen molar-refractivity contribution in [3.63, 3.8) is 0 Å². The zero-order valence-corrected chi connectivity index (χ0v) is 13.7. The fourth-order valence-electron chi connectivity index (χ4n) is 2.87. The molecule has 21 heavy (non-hydrogen) atoms. The summed E-state index contributed by atoms with van der Waals surface area (Å²) in [6.07, 6.45) is 4.03. The highest BCUT2D eigenvalue weighted by atomic mass is 32.2. The molecule has 3 nitrogen and oxygen atoms in total. The van der Waals surface area contributed by atoms with Crippen molar-refractivity contribution in [2.45, 2.75) is 42.3 Å². The van der Waals surface area contributed by atoms with Gasteiger partial charge < -0.3 is 11.1 Å². The third-order valence-electron chi connectivity index (χ3n) is 4.17. The van der Waals surface area contributed by atoms with E-state index in [4.69, 9.17) is 5.73 Å². The van der Waals surface area contributed by atoms with Crippen molar-refractivity contribution in [1.82, 2.24) is 5.32 Å². The van der Waals surface area contributed by atoms with Crippen molar-refractivity contribution in [3.8, 4) is 0 Å². The Morgan fingerprint density at radius 1 is 1.05 bits per heavy atom. The third-order valence-corrected chi connectivity index (χ3v) is 7.28. The van der Waals surface area contributed by atoms with Crippen LogP contribution in [0, 0.1) is 0 Å². The first-order chi connectivity index (χ1) is 10.2. The summed E-state index contributed by atoms with van der Waals surface area (Å²) in [6, 6.07) is 8.72. The average Bonchev–Trinajstić information content (AvgIpc) is 3.04. The van der Waals surface area contributed by atoms with E-state index >= 15 is 0 Å². The summed E-state index contributed by atoms with van der Waals surface area (Å²) < 4.78 is 0.543. The summed E-state index contributed by atoms with van der Waals surface area (Å²) in [7, 11) is 0. The normalized spacial score (nSPS) is 26.7. The van der Waals surface area contributed by atoms with Crippen LogP contribution >= 0.6 is 23.5 Å². The molecule has 1 aliphatic heterocycles. The van der Waals surface area contributed by atoms with Crippen LogP contribution in [-0.2, 0) is 0 Å². The molecule has 1 aromatic carbocycles. The summed E-state index contributed by atoms with van der Waals surface area (Å²) in [6.45, 7) is 0. The Bertz CT molecular complexity index is 478. The molecule has 2 fully saturated rings. The Morgan fingerprint density at radius 2 is 1.67 bits per heavy atom. The molecule has 0 unspecified atom stereocenters. The van der Waals surface area contributed by atoms with E-state index in [-0.39, 0.29) is 11.9 Å². The van der Waals surface area contributed by atoms with Crippen LogP contribution in [0.3, 0.4) is 0 Å². The lowest BCUT2D eigenvalue weighted by molar-refractivity contribution is 0.0926. The molecule has 114 valence electrons. The zero-order chi connectivity index (χ0) is 14.7. The van der Waals surface area contributed by atoms with Gasteiger partial charge in [0, 0.05) is 29.2 Å². The molecule has 0 bridgehead atoms. The van der Waals surface area contributed by atoms with Gasteiger partial charge in [0.05, 0.1) is 4.58 Å². The minimum Gasteiger partial charge on any atom is -0.349 e. The third kappa shape index (κ3) is 3.96. The number of rotatable bonds is 3. The highest BCUT2D eigenvalue weighted by molar-refractivity contribution is 8.19. The molecule has 3 rings (SSSR count). The van der Waals surface area contributed by atoms with Crippen molar-refractivity contribution in [3.05, 3.63) is 35.4 Å². The number of carbonyl (C=O) groups excluding carboxylic acids is 1. The van der Waals surface area contributed by atoms with Gasteiger partial charge in [-0.25, -0.2) is 0 Å². The van der Waals surface area contributed by atoms with Crippen LogP contribution in [0.25, 0.3) is 0 Å². The first-order valence-electron chi connectivity index (χ1n) is 7.62. The number of thioether (sulfide) groups is 2. The molecule has 3 N–H and O–H groups in total. The summed E-state index contributed by atoms with van der Waals surface area (Å²) in [4.78, 5) is 12.3. The minimum absolute atomic E-state index is 0.0498. The number of carbonyl (C=O) groups is 1. The maximum absolute atomic E-state index is 12.3. The van der Waals surface area contributed by atoms with Gasteiger partial charge in [-0.3, -0.25) is 4.79 Å². The lowest BCUT2D eigenvalue weighted by Gasteiger charge is -2.26. The molecule has 5 heteroatoms. The molecule has 2 aliphatic rings. The predicted molar refractivity (Wildman–Crippen MR) is 91.8 cm³/mol. The van der Waals surface area contributed by atoms with Crippen LogP contribution in [-0.4, -0.2) is 29.5 Å². The number of nitrogens with two attached hydrogens (primary N) is 1. The fourth-order valence-corrected chi connectivity index (χ4v) is 5.73. The van der Waals surface area contributed by atoms with Crippen LogP contribution < -0.4 is 11.1 Å². The fraction of sp³-hybridized carbons (Fsp3) is 0.562. The van der Waals surface area contributed by atoms with Crippen molar-refractivity contribution in [1.29, 1.82) is 0 Å². The monoisotopic (exact) mass is 322 g/mol. The van der Waals surface area contributed by atoms with Gasteiger partial charge in [-0.05, 0) is 43.4 Å². The molecule has 1 saturated heterocycles. The van der Waals surface area contributed by atoms with Crippen LogP contribution in [0.4, 0.5) is 0 Å². The number of hydrogen-bond donors (Lipinski definition) is 2. The Morgan fingerprint density at radius 3 is 2.29 bits per heavy atom. The van der Waals surface area contributed by atoms with Crippen LogP contribution in [0.15, 0.2) is 24.3 Å². The van der Waals surface area contributed by atoms with E-state index in [0.717, 1.165) is 31.2 Å². The van der Waals surface area contributed by atoms with E-state index in [1.165, 1.54) is 17.1 Å². The highest BCUT2D eigenvalue weighted by Gasteiger charge is 2.21. The second-order valence-corrected chi connectivity index (χ2v) is 8.51. The molecule has 1 saturated carbocycles. The smallest absolute Gasteiger partial charge is 0.251 e. The lowest BCUT2D eigenvalue weighted by Crippen LogP contribution is -2.40. The molecule has 1 aliphatic carbocycles. The van der Waals surface area contributed by atoms with Crippen LogP contribution in [0.1, 0.15) is 46.2 Å². The van der Waals surface area contributed by atoms with Gasteiger partial charge in [0.2, 0.25) is 0 Å². The second-order valence-electron chi connectivity index (χ2n) is 5.78. The molecule has 1 heterocycles. The van der Waals surface area contributed by atoms with Gasteiger partial charge in [0.1, 0.15) is 0 Å². The van der Waals surface area contributed by atoms with E-state index < -0.39 is 0 Å². The van der Waals surface area contributed by atoms with Gasteiger partial charge in [0.25, 0.3) is 5.91 Å². The average molecular weight is 322 g/mol. The predicted octanol–water partition coefficient (Wildman–Crippen LogP) is 3.16. The molecule has 1 amide bonds. The van der Waals surface area contributed by atoms with Crippen molar-refractivity contribution >= 4 is 29.4 Å². The minimum atomic E-state index is 0.0498. The van der Waals surface area contributed by atoms with E-state index in [1.807, 2.05) is 35.7 Å². The Balaban J connectivity index is 1.57. The number of hydrogen-bond acceptors (Lipinski definition) is 4. The number of nitrogens with one attached hydrogen (secondary N) is 1. The first-order valence-corrected chi connectivity index (χ1v) is 9.72. The SMILES string of the molecule is NC1CCC(NC(=O)c2ccc(C3SCCS3)cc2)CC1. The molecular formula is C16H22N2OS2. The van der Waals surface area contributed by atoms with Gasteiger partial charge in [-0.1, -0.05) is 12.1 Å².